The Balaban J connectivity index is 0. The van der Waals surface area contributed by atoms with Crippen molar-refractivity contribution in [3.63, 3.8) is 0 Å². The SMILES string of the molecule is CCCCCCCCCCCCCCCC=CC(=O)O.[Ag]. The van der Waals surface area contributed by atoms with Crippen LogP contribution < -0.4 is 0 Å². The zero-order valence-corrected chi connectivity index (χ0v) is 15.2. The van der Waals surface area contributed by atoms with Gasteiger partial charge in [0.25, 0.3) is 0 Å². The molecule has 0 saturated heterocycles. The van der Waals surface area contributed by atoms with Crippen LogP contribution in [0.25, 0.3) is 0 Å². The van der Waals surface area contributed by atoms with Gasteiger partial charge >= 0.3 is 5.97 Å². The second-order valence-corrected chi connectivity index (χ2v) is 5.77. The standard InChI is InChI=1S/C18H34O2.Ag/c1-2-3-4-5-6-7-8-9-10-11-12-13-14-15-16-17-18(19)20;/h16-17H,2-15H2,1H3,(H,19,20);. The van der Waals surface area contributed by atoms with Gasteiger partial charge < -0.3 is 5.11 Å². The maximum absolute atomic E-state index is 10.2. The third-order valence-corrected chi connectivity index (χ3v) is 3.73. The fourth-order valence-electron chi connectivity index (χ4n) is 2.46. The number of carboxylic acid groups (broad SMARTS) is 1. The van der Waals surface area contributed by atoms with Gasteiger partial charge in [0.1, 0.15) is 0 Å². The van der Waals surface area contributed by atoms with E-state index in [9.17, 15) is 4.79 Å². The van der Waals surface area contributed by atoms with Crippen LogP contribution in [0.5, 0.6) is 0 Å². The van der Waals surface area contributed by atoms with E-state index in [0.29, 0.717) is 0 Å². The molecule has 129 valence electrons. The summed E-state index contributed by atoms with van der Waals surface area (Å²) in [6.07, 6.45) is 21.6. The maximum Gasteiger partial charge on any atom is 0.327 e. The Morgan fingerprint density at radius 1 is 0.762 bits per heavy atom. The molecule has 21 heavy (non-hydrogen) atoms. The Morgan fingerprint density at radius 3 is 1.52 bits per heavy atom. The Labute approximate surface area is 147 Å². The number of rotatable bonds is 15. The average Bonchev–Trinajstić information content (AvgIpc) is 2.43. The van der Waals surface area contributed by atoms with E-state index in [1.165, 1.54) is 83.1 Å². The quantitative estimate of drug-likeness (QED) is 0.208. The molecule has 3 heteroatoms. The molecule has 0 aliphatic heterocycles. The molecule has 2 nitrogen and oxygen atoms in total. The van der Waals surface area contributed by atoms with Gasteiger partial charge in [-0.1, -0.05) is 90.0 Å². The van der Waals surface area contributed by atoms with Gasteiger partial charge in [-0.05, 0) is 12.8 Å². The molecule has 0 rings (SSSR count). The molecule has 0 fully saturated rings. The monoisotopic (exact) mass is 389 g/mol. The second kappa shape index (κ2) is 20.0. The number of hydrogen-bond acceptors (Lipinski definition) is 1. The first-order valence-electron chi connectivity index (χ1n) is 8.67. The summed E-state index contributed by atoms with van der Waals surface area (Å²) in [6.45, 7) is 2.27. The molecular formula is C18H34AgO2. The van der Waals surface area contributed by atoms with Crippen LogP contribution >= 0.6 is 0 Å². The minimum Gasteiger partial charge on any atom is -0.478 e. The molecule has 0 amide bonds. The smallest absolute Gasteiger partial charge is 0.327 e. The molecule has 0 unspecified atom stereocenters. The van der Waals surface area contributed by atoms with Crippen LogP contribution in [0.2, 0.25) is 0 Å². The van der Waals surface area contributed by atoms with Gasteiger partial charge in [0, 0.05) is 28.5 Å². The normalized spacial score (nSPS) is 10.7. The van der Waals surface area contributed by atoms with Crippen molar-refractivity contribution in [2.75, 3.05) is 0 Å². The second-order valence-electron chi connectivity index (χ2n) is 5.77. The van der Waals surface area contributed by atoms with Crippen molar-refractivity contribution in [1.29, 1.82) is 0 Å². The molecule has 1 N–H and O–H groups in total. The summed E-state index contributed by atoms with van der Waals surface area (Å²) in [5.41, 5.74) is 0. The van der Waals surface area contributed by atoms with Crippen molar-refractivity contribution in [3.8, 4) is 0 Å². The minimum atomic E-state index is -0.834. The van der Waals surface area contributed by atoms with Crippen LogP contribution in [-0.2, 0) is 27.2 Å². The molecule has 0 atom stereocenters. The van der Waals surface area contributed by atoms with Gasteiger partial charge in [0.05, 0.1) is 0 Å². The van der Waals surface area contributed by atoms with Crippen molar-refractivity contribution >= 4 is 5.97 Å². The summed E-state index contributed by atoms with van der Waals surface area (Å²) >= 11 is 0. The Morgan fingerprint density at radius 2 is 1.14 bits per heavy atom. The Bertz CT molecular complexity index is 239. The van der Waals surface area contributed by atoms with Crippen molar-refractivity contribution in [3.05, 3.63) is 12.2 Å². The molecule has 0 aliphatic carbocycles. The number of hydrogen-bond donors (Lipinski definition) is 1. The first-order chi connectivity index (χ1) is 9.77. The number of allylic oxidation sites excluding steroid dienone is 1. The van der Waals surface area contributed by atoms with Crippen LogP contribution in [0.4, 0.5) is 0 Å². The molecule has 0 bridgehead atoms. The van der Waals surface area contributed by atoms with Crippen LogP contribution in [-0.4, -0.2) is 11.1 Å². The largest absolute Gasteiger partial charge is 0.478 e. The molecule has 0 aromatic rings. The fourth-order valence-corrected chi connectivity index (χ4v) is 2.46. The first kappa shape index (κ1) is 23.2. The predicted octanol–water partition coefficient (Wildman–Crippen LogP) is 6.11. The molecule has 0 aromatic carbocycles. The van der Waals surface area contributed by atoms with E-state index in [-0.39, 0.29) is 22.4 Å². The predicted molar refractivity (Wildman–Crippen MR) is 87.1 cm³/mol. The third-order valence-electron chi connectivity index (χ3n) is 3.73. The summed E-state index contributed by atoms with van der Waals surface area (Å²) < 4.78 is 0. The number of carbonyl (C=O) groups is 1. The molecule has 0 spiro atoms. The number of unbranched alkanes of at least 4 members (excludes halogenated alkanes) is 13. The summed E-state index contributed by atoms with van der Waals surface area (Å²) in [5.74, 6) is -0.834. The molecule has 0 aliphatic rings. The molecule has 0 heterocycles. The molecule has 0 saturated carbocycles. The Kier molecular flexibility index (Phi) is 22.1. The Hall–Kier alpha value is -0.0497. The molecule has 0 aromatic heterocycles. The van der Waals surface area contributed by atoms with E-state index >= 15 is 0 Å². The summed E-state index contributed by atoms with van der Waals surface area (Å²) in [5, 5.41) is 8.43. The summed E-state index contributed by atoms with van der Waals surface area (Å²) in [6, 6.07) is 0. The topological polar surface area (TPSA) is 37.3 Å². The van der Waals surface area contributed by atoms with Gasteiger partial charge in [0.15, 0.2) is 0 Å². The molecule has 1 radical (unpaired) electrons. The zero-order chi connectivity index (χ0) is 14.9. The van der Waals surface area contributed by atoms with Crippen molar-refractivity contribution in [2.45, 2.75) is 96.8 Å². The third kappa shape index (κ3) is 22.4. The zero-order valence-electron chi connectivity index (χ0n) is 13.7. The van der Waals surface area contributed by atoms with E-state index < -0.39 is 5.97 Å². The van der Waals surface area contributed by atoms with Crippen molar-refractivity contribution in [1.82, 2.24) is 0 Å². The fraction of sp³-hybridized carbons (Fsp3) is 0.833. The van der Waals surface area contributed by atoms with E-state index in [1.807, 2.05) is 0 Å². The average molecular weight is 390 g/mol. The number of carboxylic acids is 1. The van der Waals surface area contributed by atoms with Gasteiger partial charge in [-0.2, -0.15) is 0 Å². The van der Waals surface area contributed by atoms with Gasteiger partial charge in [-0.3, -0.25) is 0 Å². The van der Waals surface area contributed by atoms with Crippen LogP contribution in [0, 0.1) is 0 Å². The van der Waals surface area contributed by atoms with Gasteiger partial charge in [-0.25, -0.2) is 4.79 Å². The van der Waals surface area contributed by atoms with Crippen LogP contribution in [0.3, 0.4) is 0 Å². The van der Waals surface area contributed by atoms with Crippen LogP contribution in [0.15, 0.2) is 12.2 Å². The minimum absolute atomic E-state index is 0. The summed E-state index contributed by atoms with van der Waals surface area (Å²) in [4.78, 5) is 10.2. The van der Waals surface area contributed by atoms with Crippen molar-refractivity contribution < 1.29 is 32.3 Å². The first-order valence-corrected chi connectivity index (χ1v) is 8.67. The van der Waals surface area contributed by atoms with Gasteiger partial charge in [-0.15, -0.1) is 0 Å². The van der Waals surface area contributed by atoms with Crippen LogP contribution in [0.1, 0.15) is 96.8 Å². The van der Waals surface area contributed by atoms with Gasteiger partial charge in [0.2, 0.25) is 0 Å². The van der Waals surface area contributed by atoms with E-state index in [0.717, 1.165) is 12.8 Å². The maximum atomic E-state index is 10.2. The van der Waals surface area contributed by atoms with Crippen molar-refractivity contribution in [2.24, 2.45) is 0 Å². The van der Waals surface area contributed by atoms with E-state index in [2.05, 4.69) is 6.92 Å². The summed E-state index contributed by atoms with van der Waals surface area (Å²) in [7, 11) is 0. The molecular weight excluding hydrogens is 356 g/mol. The van der Waals surface area contributed by atoms with E-state index in [4.69, 9.17) is 5.11 Å². The van der Waals surface area contributed by atoms with E-state index in [1.54, 1.807) is 6.08 Å². The number of aliphatic carboxylic acids is 1.